The van der Waals surface area contributed by atoms with Gasteiger partial charge in [-0.3, -0.25) is 0 Å². The highest BCUT2D eigenvalue weighted by Crippen LogP contribution is 2.24. The first kappa shape index (κ1) is 19.0. The van der Waals surface area contributed by atoms with E-state index < -0.39 is 26.1 Å². The van der Waals surface area contributed by atoms with Crippen LogP contribution in [0, 0.1) is 6.92 Å². The predicted molar refractivity (Wildman–Crippen MR) is 99.7 cm³/mol. The fourth-order valence-corrected chi connectivity index (χ4v) is 5.25. The predicted octanol–water partition coefficient (Wildman–Crippen LogP) is 2.48. The van der Waals surface area contributed by atoms with Crippen molar-refractivity contribution in [3.63, 3.8) is 0 Å². The molecule has 2 N–H and O–H groups in total. The van der Waals surface area contributed by atoms with Crippen LogP contribution in [0.25, 0.3) is 0 Å². The molecule has 1 fully saturated rings. The van der Waals surface area contributed by atoms with Gasteiger partial charge in [-0.1, -0.05) is 24.3 Å². The molecule has 8 heteroatoms. The molecular formula is C18H22N2O4S2. The van der Waals surface area contributed by atoms with Crippen molar-refractivity contribution in [1.82, 2.24) is 9.44 Å². The minimum atomic E-state index is -3.76. The number of aryl methyl sites for hydroxylation is 1. The first-order chi connectivity index (χ1) is 12.2. The van der Waals surface area contributed by atoms with E-state index in [0.717, 1.165) is 24.0 Å². The molecule has 140 valence electrons. The van der Waals surface area contributed by atoms with E-state index in [1.54, 1.807) is 6.92 Å². The average molecular weight is 395 g/mol. The average Bonchev–Trinajstić information content (AvgIpc) is 3.38. The van der Waals surface area contributed by atoms with Crippen molar-refractivity contribution in [1.29, 1.82) is 0 Å². The molecule has 0 aromatic heterocycles. The van der Waals surface area contributed by atoms with Crippen molar-refractivity contribution in [2.24, 2.45) is 0 Å². The Hall–Kier alpha value is -1.74. The van der Waals surface area contributed by atoms with Crippen LogP contribution in [0.5, 0.6) is 0 Å². The van der Waals surface area contributed by atoms with Crippen LogP contribution in [0.3, 0.4) is 0 Å². The monoisotopic (exact) mass is 394 g/mol. The Kier molecular flexibility index (Phi) is 5.21. The Balaban J connectivity index is 1.78. The highest BCUT2D eigenvalue weighted by molar-refractivity contribution is 7.90. The first-order valence-electron chi connectivity index (χ1n) is 8.39. The quantitative estimate of drug-likeness (QED) is 0.755. The fraction of sp³-hybridized carbons (Fsp3) is 0.333. The molecular weight excluding hydrogens is 372 g/mol. The van der Waals surface area contributed by atoms with Crippen molar-refractivity contribution in [2.45, 2.75) is 48.6 Å². The molecule has 3 rings (SSSR count). The van der Waals surface area contributed by atoms with Crippen LogP contribution in [-0.2, 0) is 20.0 Å². The van der Waals surface area contributed by atoms with E-state index in [9.17, 15) is 16.8 Å². The molecule has 0 radical (unpaired) electrons. The molecule has 0 spiro atoms. The summed E-state index contributed by atoms with van der Waals surface area (Å²) in [6.07, 6.45) is 1.68. The fourth-order valence-electron chi connectivity index (χ4n) is 2.72. The smallest absolute Gasteiger partial charge is 0.208 e. The van der Waals surface area contributed by atoms with Crippen LogP contribution in [0.2, 0.25) is 0 Å². The number of nitrogens with one attached hydrogen (secondary N) is 2. The molecule has 1 saturated carbocycles. The molecule has 0 bridgehead atoms. The summed E-state index contributed by atoms with van der Waals surface area (Å²) in [4.78, 5) is 0.0959. The van der Waals surface area contributed by atoms with Gasteiger partial charge in [-0.05, 0) is 62.1 Å². The van der Waals surface area contributed by atoms with Gasteiger partial charge in [0.1, 0.15) is 0 Å². The molecule has 1 atom stereocenters. The highest BCUT2D eigenvalue weighted by atomic mass is 32.2. The van der Waals surface area contributed by atoms with Gasteiger partial charge in [-0.25, -0.2) is 26.3 Å². The maximum Gasteiger partial charge on any atom is 0.241 e. The summed E-state index contributed by atoms with van der Waals surface area (Å²) < 4.78 is 54.7. The zero-order chi connectivity index (χ0) is 18.9. The lowest BCUT2D eigenvalue weighted by Gasteiger charge is -2.17. The lowest BCUT2D eigenvalue weighted by atomic mass is 10.0. The number of rotatable bonds is 7. The number of hydrogen-bond donors (Lipinski definition) is 2. The number of sulfonamides is 2. The third-order valence-electron chi connectivity index (χ3n) is 4.33. The van der Waals surface area contributed by atoms with E-state index in [4.69, 9.17) is 0 Å². The molecule has 6 nitrogen and oxygen atoms in total. The van der Waals surface area contributed by atoms with Gasteiger partial charge in [0.05, 0.1) is 9.79 Å². The maximum absolute atomic E-state index is 12.6. The Morgan fingerprint density at radius 1 is 0.885 bits per heavy atom. The topological polar surface area (TPSA) is 92.3 Å². The molecule has 2 aromatic rings. The van der Waals surface area contributed by atoms with Crippen molar-refractivity contribution in [3.05, 3.63) is 59.7 Å². The van der Waals surface area contributed by atoms with Crippen molar-refractivity contribution < 1.29 is 16.8 Å². The minimum absolute atomic E-state index is 0.0000347. The van der Waals surface area contributed by atoms with Crippen LogP contribution >= 0.6 is 0 Å². The van der Waals surface area contributed by atoms with E-state index in [1.807, 2.05) is 31.2 Å². The number of benzene rings is 2. The van der Waals surface area contributed by atoms with Gasteiger partial charge in [0.25, 0.3) is 0 Å². The molecule has 0 aliphatic heterocycles. The van der Waals surface area contributed by atoms with Gasteiger partial charge in [0, 0.05) is 12.1 Å². The molecule has 1 aliphatic carbocycles. The third kappa shape index (κ3) is 4.32. The van der Waals surface area contributed by atoms with Gasteiger partial charge in [0.2, 0.25) is 20.0 Å². The molecule has 1 unspecified atom stereocenters. The Labute approximate surface area is 154 Å². The van der Waals surface area contributed by atoms with Gasteiger partial charge < -0.3 is 0 Å². The molecule has 1 aliphatic rings. The van der Waals surface area contributed by atoms with Crippen LogP contribution < -0.4 is 9.44 Å². The van der Waals surface area contributed by atoms with Gasteiger partial charge >= 0.3 is 0 Å². The summed E-state index contributed by atoms with van der Waals surface area (Å²) in [5.74, 6) is 0. The van der Waals surface area contributed by atoms with Crippen molar-refractivity contribution >= 4 is 20.0 Å². The summed E-state index contributed by atoms with van der Waals surface area (Å²) in [6, 6.07) is 12.4. The summed E-state index contributed by atoms with van der Waals surface area (Å²) >= 11 is 0. The molecule has 0 heterocycles. The SMILES string of the molecule is Cc1ccccc1C(C)NS(=O)(=O)c1ccc(S(=O)(=O)NC2CC2)cc1. The second-order valence-electron chi connectivity index (χ2n) is 6.57. The van der Waals surface area contributed by atoms with Gasteiger partial charge in [-0.15, -0.1) is 0 Å². The standard InChI is InChI=1S/C18H22N2O4S2/c1-13-5-3-4-6-18(13)14(2)19-25(21,22)16-9-11-17(12-10-16)26(23,24)20-15-7-8-15/h3-6,9-12,14-15,19-20H,7-8H2,1-2H3. The van der Waals surface area contributed by atoms with Gasteiger partial charge in [0.15, 0.2) is 0 Å². The Bertz CT molecular complexity index is 996. The van der Waals surface area contributed by atoms with E-state index in [-0.39, 0.29) is 15.8 Å². The van der Waals surface area contributed by atoms with E-state index in [0.29, 0.717) is 0 Å². The first-order valence-corrected chi connectivity index (χ1v) is 11.4. The van der Waals surface area contributed by atoms with Crippen molar-refractivity contribution in [2.75, 3.05) is 0 Å². The second kappa shape index (κ2) is 7.11. The lowest BCUT2D eigenvalue weighted by Crippen LogP contribution is -2.28. The molecule has 2 aromatic carbocycles. The van der Waals surface area contributed by atoms with E-state index in [1.165, 1.54) is 24.3 Å². The molecule has 0 amide bonds. The summed E-state index contributed by atoms with van der Waals surface area (Å²) in [5, 5.41) is 0. The summed E-state index contributed by atoms with van der Waals surface area (Å²) in [7, 11) is -7.36. The van der Waals surface area contributed by atoms with Crippen LogP contribution in [0.15, 0.2) is 58.3 Å². The largest absolute Gasteiger partial charge is 0.241 e. The van der Waals surface area contributed by atoms with Crippen LogP contribution in [0.1, 0.15) is 36.9 Å². The lowest BCUT2D eigenvalue weighted by molar-refractivity contribution is 0.565. The van der Waals surface area contributed by atoms with E-state index in [2.05, 4.69) is 9.44 Å². The van der Waals surface area contributed by atoms with Gasteiger partial charge in [-0.2, -0.15) is 0 Å². The minimum Gasteiger partial charge on any atom is -0.208 e. The van der Waals surface area contributed by atoms with E-state index >= 15 is 0 Å². The zero-order valence-corrected chi connectivity index (χ0v) is 16.3. The Morgan fingerprint density at radius 2 is 1.42 bits per heavy atom. The maximum atomic E-state index is 12.6. The summed E-state index contributed by atoms with van der Waals surface area (Å²) in [5.41, 5.74) is 1.89. The normalized spacial score (nSPS) is 16.4. The molecule has 26 heavy (non-hydrogen) atoms. The van der Waals surface area contributed by atoms with Crippen LogP contribution in [-0.4, -0.2) is 22.9 Å². The molecule has 0 saturated heterocycles. The number of hydrogen-bond acceptors (Lipinski definition) is 4. The second-order valence-corrected chi connectivity index (χ2v) is 9.99. The highest BCUT2D eigenvalue weighted by Gasteiger charge is 2.28. The van der Waals surface area contributed by atoms with Crippen molar-refractivity contribution in [3.8, 4) is 0 Å². The van der Waals surface area contributed by atoms with Crippen LogP contribution in [0.4, 0.5) is 0 Å². The zero-order valence-electron chi connectivity index (χ0n) is 14.6. The Morgan fingerprint density at radius 3 is 1.96 bits per heavy atom. The third-order valence-corrected chi connectivity index (χ3v) is 7.42. The summed E-state index contributed by atoms with van der Waals surface area (Å²) in [6.45, 7) is 3.70.